The van der Waals surface area contributed by atoms with Crippen LogP contribution in [0.4, 0.5) is 0 Å². The van der Waals surface area contributed by atoms with Crippen LogP contribution in [0.5, 0.6) is 0 Å². The van der Waals surface area contributed by atoms with Gasteiger partial charge in [0, 0.05) is 6.20 Å². The molecule has 0 spiro atoms. The number of unbranched alkanes of at least 4 members (excludes halogenated alkanes) is 1. The number of carbonyl (C=O) groups is 1. The van der Waals surface area contributed by atoms with E-state index in [-0.39, 0.29) is 0 Å². The number of hydrogen-bond acceptors (Lipinski definition) is 6. The summed E-state index contributed by atoms with van der Waals surface area (Å²) in [6, 6.07) is 5.03. The molecular formula is C15H23NO5S2. The maximum Gasteiger partial charge on any atom is 0.341 e. The number of hydrogen-bond donors (Lipinski definition) is 0. The SMILES string of the molecule is CCCCC(OS(C)(=O)=O)C(C)(C)C(=O)On1ccccc1=S. The molecule has 0 saturated heterocycles. The van der Waals surface area contributed by atoms with E-state index in [1.807, 2.05) is 6.92 Å². The Hall–Kier alpha value is -1.25. The Balaban J connectivity index is 3.00. The lowest BCUT2D eigenvalue weighted by Gasteiger charge is -2.31. The van der Waals surface area contributed by atoms with Crippen LogP contribution in [0.15, 0.2) is 24.4 Å². The molecule has 0 saturated carbocycles. The molecule has 0 aliphatic rings. The van der Waals surface area contributed by atoms with Crippen LogP contribution in [-0.2, 0) is 19.1 Å². The van der Waals surface area contributed by atoms with Crippen molar-refractivity contribution in [1.29, 1.82) is 0 Å². The third kappa shape index (κ3) is 6.04. The van der Waals surface area contributed by atoms with Gasteiger partial charge in [-0.25, -0.2) is 4.79 Å². The molecule has 1 atom stereocenters. The van der Waals surface area contributed by atoms with Gasteiger partial charge in [-0.05, 0) is 32.4 Å². The molecule has 8 heteroatoms. The Kier molecular flexibility index (Phi) is 6.91. The average molecular weight is 361 g/mol. The van der Waals surface area contributed by atoms with Gasteiger partial charge in [-0.15, -0.1) is 0 Å². The Bertz CT molecular complexity index is 694. The molecule has 0 aliphatic carbocycles. The first kappa shape index (κ1) is 19.8. The molecule has 1 unspecified atom stereocenters. The minimum absolute atomic E-state index is 0.339. The number of aromatic nitrogens is 1. The maximum absolute atomic E-state index is 12.5. The van der Waals surface area contributed by atoms with Gasteiger partial charge in [0.2, 0.25) is 0 Å². The molecule has 0 aliphatic heterocycles. The summed E-state index contributed by atoms with van der Waals surface area (Å²) in [5.41, 5.74) is -1.15. The van der Waals surface area contributed by atoms with Crippen LogP contribution in [0.2, 0.25) is 0 Å². The van der Waals surface area contributed by atoms with Crippen molar-refractivity contribution in [2.75, 3.05) is 6.26 Å². The van der Waals surface area contributed by atoms with Gasteiger partial charge < -0.3 is 4.84 Å². The summed E-state index contributed by atoms with van der Waals surface area (Å²) in [6.45, 7) is 5.19. The normalized spacial score (nSPS) is 13.6. The minimum Gasteiger partial charge on any atom is -0.335 e. The molecule has 0 amide bonds. The molecule has 1 rings (SSSR count). The van der Waals surface area contributed by atoms with E-state index >= 15 is 0 Å². The van der Waals surface area contributed by atoms with Gasteiger partial charge in [0.1, 0.15) is 4.64 Å². The quantitative estimate of drug-likeness (QED) is 0.523. The lowest BCUT2D eigenvalue weighted by atomic mass is 9.84. The first-order valence-electron chi connectivity index (χ1n) is 7.36. The number of rotatable bonds is 8. The molecule has 1 heterocycles. The third-order valence-corrected chi connectivity index (χ3v) is 4.31. The summed E-state index contributed by atoms with van der Waals surface area (Å²) >= 11 is 5.08. The molecule has 1 aromatic rings. The van der Waals surface area contributed by atoms with Gasteiger partial charge in [0.25, 0.3) is 10.1 Å². The molecule has 0 N–H and O–H groups in total. The van der Waals surface area contributed by atoms with Crippen molar-refractivity contribution >= 4 is 28.3 Å². The second kappa shape index (κ2) is 8.03. The van der Waals surface area contributed by atoms with E-state index in [0.29, 0.717) is 11.1 Å². The topological polar surface area (TPSA) is 74.6 Å². The van der Waals surface area contributed by atoms with Crippen LogP contribution < -0.4 is 4.84 Å². The molecule has 23 heavy (non-hydrogen) atoms. The van der Waals surface area contributed by atoms with E-state index in [9.17, 15) is 13.2 Å². The molecule has 6 nitrogen and oxygen atoms in total. The Morgan fingerprint density at radius 1 is 1.39 bits per heavy atom. The Labute approximate surface area is 142 Å². The van der Waals surface area contributed by atoms with Gasteiger partial charge >= 0.3 is 5.97 Å². The van der Waals surface area contributed by atoms with Gasteiger partial charge in [-0.2, -0.15) is 13.1 Å². The predicted octanol–water partition coefficient (Wildman–Crippen LogP) is 2.73. The average Bonchev–Trinajstić information content (AvgIpc) is 2.44. The summed E-state index contributed by atoms with van der Waals surface area (Å²) < 4.78 is 29.6. The zero-order valence-electron chi connectivity index (χ0n) is 13.8. The van der Waals surface area contributed by atoms with E-state index < -0.39 is 27.6 Å². The van der Waals surface area contributed by atoms with Crippen molar-refractivity contribution in [2.24, 2.45) is 5.41 Å². The summed E-state index contributed by atoms with van der Waals surface area (Å²) in [4.78, 5) is 17.8. The molecule has 0 fully saturated rings. The first-order chi connectivity index (χ1) is 10.6. The van der Waals surface area contributed by atoms with Crippen LogP contribution in [0.1, 0.15) is 40.0 Å². The molecule has 1 aromatic heterocycles. The second-order valence-electron chi connectivity index (χ2n) is 5.90. The smallest absolute Gasteiger partial charge is 0.335 e. The zero-order chi connectivity index (χ0) is 17.7. The van der Waals surface area contributed by atoms with Crippen LogP contribution in [-0.4, -0.2) is 31.5 Å². The fourth-order valence-electron chi connectivity index (χ4n) is 1.96. The van der Waals surface area contributed by atoms with Crippen molar-refractivity contribution in [2.45, 2.75) is 46.1 Å². The van der Waals surface area contributed by atoms with E-state index in [2.05, 4.69) is 0 Å². The van der Waals surface area contributed by atoms with Crippen molar-refractivity contribution < 1.29 is 22.2 Å². The molecule has 0 radical (unpaired) electrons. The molecule has 0 bridgehead atoms. The van der Waals surface area contributed by atoms with Gasteiger partial charge in [-0.3, -0.25) is 4.18 Å². The lowest BCUT2D eigenvalue weighted by molar-refractivity contribution is -0.160. The summed E-state index contributed by atoms with van der Waals surface area (Å²) in [5.74, 6) is -0.607. The van der Waals surface area contributed by atoms with E-state index in [1.165, 1.54) is 10.9 Å². The summed E-state index contributed by atoms with van der Waals surface area (Å²) in [6.07, 6.45) is 3.73. The highest BCUT2D eigenvalue weighted by Gasteiger charge is 2.41. The van der Waals surface area contributed by atoms with Crippen molar-refractivity contribution in [1.82, 2.24) is 4.73 Å². The van der Waals surface area contributed by atoms with E-state index in [0.717, 1.165) is 19.1 Å². The van der Waals surface area contributed by atoms with Crippen LogP contribution >= 0.6 is 12.2 Å². The van der Waals surface area contributed by atoms with Crippen molar-refractivity contribution in [3.05, 3.63) is 29.0 Å². The molecule has 130 valence electrons. The first-order valence-corrected chi connectivity index (χ1v) is 9.59. The number of carbonyl (C=O) groups excluding carboxylic acids is 1. The fourth-order valence-corrected chi connectivity index (χ4v) is 2.89. The predicted molar refractivity (Wildman–Crippen MR) is 89.9 cm³/mol. The van der Waals surface area contributed by atoms with Gasteiger partial charge in [-0.1, -0.05) is 38.0 Å². The molecule has 0 aromatic carbocycles. The highest BCUT2D eigenvalue weighted by molar-refractivity contribution is 7.86. The van der Waals surface area contributed by atoms with Gasteiger partial charge in [0.15, 0.2) is 0 Å². The largest absolute Gasteiger partial charge is 0.341 e. The van der Waals surface area contributed by atoms with E-state index in [1.54, 1.807) is 32.0 Å². The maximum atomic E-state index is 12.5. The standard InChI is InChI=1S/C15H23NO5S2/c1-5-6-9-12(21-23(4,18)19)15(2,3)14(17)20-16-11-8-7-10-13(16)22/h7-8,10-12H,5-6,9H2,1-4H3. The minimum atomic E-state index is -3.69. The highest BCUT2D eigenvalue weighted by atomic mass is 32.2. The lowest BCUT2D eigenvalue weighted by Crippen LogP contribution is -2.44. The van der Waals surface area contributed by atoms with Crippen molar-refractivity contribution in [3.8, 4) is 0 Å². The van der Waals surface area contributed by atoms with Crippen LogP contribution in [0.3, 0.4) is 0 Å². The highest BCUT2D eigenvalue weighted by Crippen LogP contribution is 2.29. The second-order valence-corrected chi connectivity index (χ2v) is 7.92. The summed E-state index contributed by atoms with van der Waals surface area (Å²) in [7, 11) is -3.69. The van der Waals surface area contributed by atoms with Gasteiger partial charge in [0.05, 0.1) is 17.8 Å². The third-order valence-electron chi connectivity index (χ3n) is 3.41. The molecular weight excluding hydrogens is 338 g/mol. The number of pyridine rings is 1. The van der Waals surface area contributed by atoms with Crippen LogP contribution in [0, 0.1) is 10.1 Å². The zero-order valence-corrected chi connectivity index (χ0v) is 15.4. The Morgan fingerprint density at radius 2 is 2.04 bits per heavy atom. The Morgan fingerprint density at radius 3 is 2.57 bits per heavy atom. The summed E-state index contributed by atoms with van der Waals surface area (Å²) in [5, 5.41) is 0. The van der Waals surface area contributed by atoms with E-state index in [4.69, 9.17) is 21.2 Å². The van der Waals surface area contributed by atoms with Crippen LogP contribution in [0.25, 0.3) is 0 Å². The fraction of sp³-hybridized carbons (Fsp3) is 0.600. The number of nitrogens with zero attached hydrogens (tertiary/aromatic N) is 1. The monoisotopic (exact) mass is 361 g/mol. The van der Waals surface area contributed by atoms with Crippen molar-refractivity contribution in [3.63, 3.8) is 0 Å².